The first kappa shape index (κ1) is 13.1. The maximum Gasteiger partial charge on any atom is 0.337 e. The number of hydrogen-bond acceptors (Lipinski definition) is 4. The lowest BCUT2D eigenvalue weighted by molar-refractivity contribution is 0.0696. The van der Waals surface area contributed by atoms with Crippen molar-refractivity contribution in [2.24, 2.45) is 0 Å². The number of aromatic carboxylic acids is 1. The number of hydrogen-bond donors (Lipinski definition) is 1. The number of fused-ring (bicyclic) bond motifs is 1. The molecule has 0 radical (unpaired) electrons. The molecule has 1 saturated heterocycles. The zero-order chi connectivity index (χ0) is 14.3. The topological polar surface area (TPSA) is 88.7 Å². The second kappa shape index (κ2) is 4.59. The minimum Gasteiger partial charge on any atom is -0.478 e. The summed E-state index contributed by atoms with van der Waals surface area (Å²) in [7, 11) is -3.03. The molecule has 1 aliphatic rings. The number of rotatable bonds is 3. The van der Waals surface area contributed by atoms with Crippen LogP contribution < -0.4 is 0 Å². The van der Waals surface area contributed by atoms with Gasteiger partial charge in [-0.1, -0.05) is 0 Å². The smallest absolute Gasteiger partial charge is 0.337 e. The van der Waals surface area contributed by atoms with Crippen molar-refractivity contribution < 1.29 is 18.3 Å². The maximum atomic E-state index is 11.9. The number of imidazole rings is 1. The van der Waals surface area contributed by atoms with Crippen LogP contribution in [0.5, 0.6) is 0 Å². The van der Waals surface area contributed by atoms with Crippen LogP contribution in [0.15, 0.2) is 24.5 Å². The van der Waals surface area contributed by atoms with Gasteiger partial charge in [0.2, 0.25) is 0 Å². The fraction of sp³-hybridized carbons (Fsp3) is 0.385. The Morgan fingerprint density at radius 1 is 1.45 bits per heavy atom. The number of carbonyl (C=O) groups is 1. The first-order valence-corrected chi connectivity index (χ1v) is 8.10. The second-order valence-corrected chi connectivity index (χ2v) is 7.43. The van der Waals surface area contributed by atoms with Gasteiger partial charge in [-0.15, -0.1) is 0 Å². The van der Waals surface area contributed by atoms with Crippen LogP contribution in [0.3, 0.4) is 0 Å². The number of nitrogens with zero attached hydrogens (tertiary/aromatic N) is 2. The highest BCUT2D eigenvalue weighted by atomic mass is 32.2. The van der Waals surface area contributed by atoms with E-state index in [9.17, 15) is 13.2 Å². The van der Waals surface area contributed by atoms with Crippen LogP contribution >= 0.6 is 0 Å². The average molecular weight is 294 g/mol. The molecule has 7 heteroatoms. The van der Waals surface area contributed by atoms with Crippen molar-refractivity contribution in [3.8, 4) is 0 Å². The molecule has 0 aliphatic carbocycles. The van der Waals surface area contributed by atoms with Gasteiger partial charge in [-0.3, -0.25) is 0 Å². The first-order chi connectivity index (χ1) is 9.47. The highest BCUT2D eigenvalue weighted by Crippen LogP contribution is 2.23. The van der Waals surface area contributed by atoms with Crippen molar-refractivity contribution in [1.82, 2.24) is 9.38 Å². The van der Waals surface area contributed by atoms with Gasteiger partial charge in [0.05, 0.1) is 28.3 Å². The Kier molecular flexibility index (Phi) is 3.01. The van der Waals surface area contributed by atoms with Gasteiger partial charge in [0.1, 0.15) is 5.82 Å². The number of carboxylic acid groups (broad SMARTS) is 1. The molecule has 1 atom stereocenters. The Balaban J connectivity index is 1.99. The molecule has 1 aliphatic heterocycles. The molecule has 0 aromatic carbocycles. The van der Waals surface area contributed by atoms with E-state index >= 15 is 0 Å². The molecule has 0 amide bonds. The molecule has 0 spiro atoms. The van der Waals surface area contributed by atoms with Crippen LogP contribution in [0, 0.1) is 0 Å². The van der Waals surface area contributed by atoms with E-state index in [2.05, 4.69) is 4.98 Å². The van der Waals surface area contributed by atoms with Gasteiger partial charge in [-0.25, -0.2) is 18.2 Å². The fourth-order valence-corrected chi connectivity index (χ4v) is 4.44. The van der Waals surface area contributed by atoms with E-state index in [-0.39, 0.29) is 11.3 Å². The third-order valence-electron chi connectivity index (χ3n) is 3.72. The second-order valence-electron chi connectivity index (χ2n) is 5.03. The Morgan fingerprint density at radius 3 is 2.90 bits per heavy atom. The number of aromatic nitrogens is 2. The van der Waals surface area contributed by atoms with E-state index in [1.165, 1.54) is 12.3 Å². The Bertz CT molecular complexity index is 779. The minimum atomic E-state index is -3.03. The van der Waals surface area contributed by atoms with Gasteiger partial charge < -0.3 is 9.51 Å². The lowest BCUT2D eigenvalue weighted by Crippen LogP contribution is -2.20. The standard InChI is InChI=1S/C13H14N2O4S/c16-13(17)9-3-4-10-7-14-12(15(10)8-9)6-11-2-1-5-20(11,18)19/h3-4,7-8,11H,1-2,5-6H2,(H,16,17). The fourth-order valence-electron chi connectivity index (χ4n) is 2.61. The lowest BCUT2D eigenvalue weighted by Gasteiger charge is -2.08. The SMILES string of the molecule is O=C(O)c1ccc2cnc(CC3CCCS3(=O)=O)n2c1. The van der Waals surface area contributed by atoms with Crippen molar-refractivity contribution in [3.05, 3.63) is 35.9 Å². The largest absolute Gasteiger partial charge is 0.478 e. The highest BCUT2D eigenvalue weighted by molar-refractivity contribution is 7.92. The molecule has 20 heavy (non-hydrogen) atoms. The molecule has 1 fully saturated rings. The van der Waals surface area contributed by atoms with E-state index in [0.29, 0.717) is 25.1 Å². The van der Waals surface area contributed by atoms with Crippen LogP contribution in [0.1, 0.15) is 29.0 Å². The molecule has 0 saturated carbocycles. The number of sulfone groups is 1. The average Bonchev–Trinajstić information content (AvgIpc) is 2.94. The van der Waals surface area contributed by atoms with Gasteiger partial charge in [-0.2, -0.15) is 0 Å². The summed E-state index contributed by atoms with van der Waals surface area (Å²) in [5.74, 6) is -0.181. The normalized spacial score (nSPS) is 21.3. The van der Waals surface area contributed by atoms with E-state index in [0.717, 1.165) is 5.52 Å². The first-order valence-electron chi connectivity index (χ1n) is 6.38. The molecule has 3 rings (SSSR count). The zero-order valence-electron chi connectivity index (χ0n) is 10.7. The minimum absolute atomic E-state index is 0.158. The van der Waals surface area contributed by atoms with Gasteiger partial charge in [0.25, 0.3) is 0 Å². The third kappa shape index (κ3) is 2.18. The van der Waals surface area contributed by atoms with Crippen molar-refractivity contribution in [2.75, 3.05) is 5.75 Å². The lowest BCUT2D eigenvalue weighted by atomic mass is 10.2. The van der Waals surface area contributed by atoms with E-state index in [1.807, 2.05) is 0 Å². The van der Waals surface area contributed by atoms with E-state index < -0.39 is 21.1 Å². The molecular weight excluding hydrogens is 280 g/mol. The zero-order valence-corrected chi connectivity index (χ0v) is 11.5. The summed E-state index contributed by atoms with van der Waals surface area (Å²) in [5, 5.41) is 8.61. The molecule has 106 valence electrons. The van der Waals surface area contributed by atoms with Crippen LogP contribution in [-0.4, -0.2) is 39.9 Å². The van der Waals surface area contributed by atoms with E-state index in [4.69, 9.17) is 5.11 Å². The van der Waals surface area contributed by atoms with Gasteiger partial charge in [0.15, 0.2) is 9.84 Å². The van der Waals surface area contributed by atoms with Gasteiger partial charge in [-0.05, 0) is 25.0 Å². The van der Waals surface area contributed by atoms with Gasteiger partial charge >= 0.3 is 5.97 Å². The number of pyridine rings is 1. The predicted octanol–water partition coefficient (Wildman–Crippen LogP) is 1.15. The molecule has 3 heterocycles. The summed E-state index contributed by atoms with van der Waals surface area (Å²) in [4.78, 5) is 15.2. The van der Waals surface area contributed by atoms with Crippen molar-refractivity contribution in [3.63, 3.8) is 0 Å². The highest BCUT2D eigenvalue weighted by Gasteiger charge is 2.32. The molecule has 2 aromatic rings. The van der Waals surface area contributed by atoms with Crippen molar-refractivity contribution in [1.29, 1.82) is 0 Å². The van der Waals surface area contributed by atoms with Crippen molar-refractivity contribution in [2.45, 2.75) is 24.5 Å². The Labute approximate surface area is 116 Å². The molecular formula is C13H14N2O4S. The molecule has 6 nitrogen and oxygen atoms in total. The predicted molar refractivity (Wildman–Crippen MR) is 72.7 cm³/mol. The third-order valence-corrected chi connectivity index (χ3v) is 6.00. The molecule has 1 N–H and O–H groups in total. The maximum absolute atomic E-state index is 11.9. The summed E-state index contributed by atoms with van der Waals surface area (Å²) < 4.78 is 25.4. The summed E-state index contributed by atoms with van der Waals surface area (Å²) in [5.41, 5.74) is 0.923. The van der Waals surface area contributed by atoms with Crippen LogP contribution in [0.2, 0.25) is 0 Å². The summed E-state index contributed by atoms with van der Waals surface area (Å²) in [6, 6.07) is 3.18. The number of carboxylic acids is 1. The van der Waals surface area contributed by atoms with Crippen LogP contribution in [-0.2, 0) is 16.3 Å². The Hall–Kier alpha value is -1.89. The molecule has 0 bridgehead atoms. The van der Waals surface area contributed by atoms with Gasteiger partial charge in [0, 0.05) is 12.6 Å². The summed E-state index contributed by atoms with van der Waals surface area (Å²) in [6.07, 6.45) is 4.79. The quantitative estimate of drug-likeness (QED) is 0.917. The Morgan fingerprint density at radius 2 is 2.25 bits per heavy atom. The van der Waals surface area contributed by atoms with Crippen molar-refractivity contribution >= 4 is 21.3 Å². The summed E-state index contributed by atoms with van der Waals surface area (Å²) >= 11 is 0. The van der Waals surface area contributed by atoms with E-state index in [1.54, 1.807) is 16.7 Å². The molecule has 1 unspecified atom stereocenters. The molecule has 2 aromatic heterocycles. The van der Waals surface area contributed by atoms with Crippen LogP contribution in [0.4, 0.5) is 0 Å². The van der Waals surface area contributed by atoms with Crippen LogP contribution in [0.25, 0.3) is 5.52 Å². The summed E-state index contributed by atoms with van der Waals surface area (Å²) in [6.45, 7) is 0. The monoisotopic (exact) mass is 294 g/mol.